The molecule has 118 valence electrons. The predicted octanol–water partition coefficient (Wildman–Crippen LogP) is 2.44. The molecule has 0 aliphatic heterocycles. The summed E-state index contributed by atoms with van der Waals surface area (Å²) in [5.74, 6) is -1.15. The Morgan fingerprint density at radius 1 is 0.850 bits per heavy atom. The van der Waals surface area contributed by atoms with Crippen molar-refractivity contribution in [2.75, 3.05) is 0 Å². The van der Waals surface area contributed by atoms with E-state index in [0.717, 1.165) is 6.42 Å². The molecule has 2 saturated carbocycles. The second kappa shape index (κ2) is 5.53. The minimum Gasteiger partial charge on any atom is -0.282 e. The van der Waals surface area contributed by atoms with E-state index in [9.17, 15) is 21.4 Å². The summed E-state index contributed by atoms with van der Waals surface area (Å²) < 4.78 is 69.0. The van der Waals surface area contributed by atoms with Gasteiger partial charge in [-0.25, -0.2) is 12.8 Å². The molecule has 0 aromatic carbocycles. The molecular weight excluding hydrogens is 307 g/mol. The topological polar surface area (TPSA) is 88.5 Å². The van der Waals surface area contributed by atoms with Gasteiger partial charge < -0.3 is 0 Å². The van der Waals surface area contributed by atoms with Crippen LogP contribution in [0.1, 0.15) is 57.8 Å². The molecule has 8 heteroatoms. The van der Waals surface area contributed by atoms with Crippen LogP contribution in [0.15, 0.2) is 0 Å². The Kier molecular flexibility index (Phi) is 4.47. The Morgan fingerprint density at radius 2 is 1.30 bits per heavy atom. The summed E-state index contributed by atoms with van der Waals surface area (Å²) in [6.45, 7) is 0. The lowest BCUT2D eigenvalue weighted by Gasteiger charge is -2.33. The first-order valence-corrected chi connectivity index (χ1v) is 10.1. The minimum absolute atomic E-state index is 0.183. The average Bonchev–Trinajstić information content (AvgIpc) is 2.91. The number of halogens is 1. The highest BCUT2D eigenvalue weighted by molar-refractivity contribution is 8.08. The fourth-order valence-corrected chi connectivity index (χ4v) is 7.81. The van der Waals surface area contributed by atoms with Crippen LogP contribution in [0.25, 0.3) is 0 Å². The maximum Gasteiger partial charge on any atom is 0.336 e. The first-order valence-electron chi connectivity index (χ1n) is 7.10. The lowest BCUT2D eigenvalue weighted by Crippen LogP contribution is -2.51. The fraction of sp³-hybridized carbons (Fsp3) is 1.00. The van der Waals surface area contributed by atoms with Crippen LogP contribution in [0.2, 0.25) is 0 Å². The number of rotatable bonds is 4. The van der Waals surface area contributed by atoms with E-state index in [1.807, 2.05) is 0 Å². The summed E-state index contributed by atoms with van der Waals surface area (Å²) in [6, 6.07) is 0. The Hall–Kier alpha value is -0.210. The smallest absolute Gasteiger partial charge is 0.282 e. The van der Waals surface area contributed by atoms with E-state index in [1.165, 1.54) is 0 Å². The maximum atomic E-state index is 15.1. The predicted molar refractivity (Wildman–Crippen MR) is 73.1 cm³/mol. The molecule has 0 saturated heterocycles. The maximum absolute atomic E-state index is 15.1. The SMILES string of the molecule is O=S(=O)(O)C(F)(C1CCCC1)S(=O)(=O)C1CCCCC1. The molecule has 1 unspecified atom stereocenters. The summed E-state index contributed by atoms with van der Waals surface area (Å²) in [4.78, 5) is 0. The van der Waals surface area contributed by atoms with Crippen molar-refractivity contribution in [1.29, 1.82) is 0 Å². The van der Waals surface area contributed by atoms with Crippen molar-refractivity contribution >= 4 is 20.0 Å². The largest absolute Gasteiger partial charge is 0.336 e. The third-order valence-corrected chi connectivity index (χ3v) is 9.40. The van der Waals surface area contributed by atoms with Gasteiger partial charge in [0.1, 0.15) is 0 Å². The molecule has 0 spiro atoms. The normalized spacial score (nSPS) is 26.5. The number of sulfone groups is 1. The highest BCUT2D eigenvalue weighted by Gasteiger charge is 2.63. The fourth-order valence-electron chi connectivity index (χ4n) is 3.46. The van der Waals surface area contributed by atoms with Gasteiger partial charge in [-0.05, 0) is 25.7 Å². The molecule has 0 aromatic heterocycles. The van der Waals surface area contributed by atoms with E-state index >= 15 is 4.39 Å². The molecule has 2 rings (SSSR count). The summed E-state index contributed by atoms with van der Waals surface area (Å²) in [5.41, 5.74) is 0. The van der Waals surface area contributed by atoms with Gasteiger partial charge in [0.25, 0.3) is 0 Å². The van der Waals surface area contributed by atoms with E-state index < -0.39 is 35.5 Å². The van der Waals surface area contributed by atoms with Crippen LogP contribution in [-0.4, -0.2) is 31.0 Å². The zero-order valence-electron chi connectivity index (χ0n) is 11.3. The van der Waals surface area contributed by atoms with Crippen LogP contribution in [0, 0.1) is 5.92 Å². The van der Waals surface area contributed by atoms with Crippen molar-refractivity contribution in [1.82, 2.24) is 0 Å². The standard InChI is InChI=1S/C12H21FO5S2/c13-12(20(16,17)18,10-6-4-5-7-10)19(14,15)11-8-2-1-3-9-11/h10-11H,1-9H2,(H,16,17,18). The Bertz CT molecular complexity index is 544. The first-order chi connectivity index (χ1) is 9.21. The monoisotopic (exact) mass is 328 g/mol. The summed E-state index contributed by atoms with van der Waals surface area (Å²) >= 11 is 0. The van der Waals surface area contributed by atoms with E-state index in [2.05, 4.69) is 0 Å². The average molecular weight is 328 g/mol. The van der Waals surface area contributed by atoms with E-state index in [4.69, 9.17) is 0 Å². The molecule has 1 N–H and O–H groups in total. The van der Waals surface area contributed by atoms with Gasteiger partial charge in [-0.15, -0.1) is 0 Å². The second-order valence-corrected chi connectivity index (χ2v) is 10.00. The number of alkyl halides is 1. The molecule has 5 nitrogen and oxygen atoms in total. The minimum atomic E-state index is -5.31. The quantitative estimate of drug-likeness (QED) is 0.801. The van der Waals surface area contributed by atoms with Gasteiger partial charge in [-0.1, -0.05) is 32.1 Å². The summed E-state index contributed by atoms with van der Waals surface area (Å²) in [5, 5.41) is -0.997. The van der Waals surface area contributed by atoms with Gasteiger partial charge in [0.05, 0.1) is 5.25 Å². The zero-order valence-corrected chi connectivity index (χ0v) is 12.9. The van der Waals surface area contributed by atoms with Crippen LogP contribution < -0.4 is 0 Å². The van der Waals surface area contributed by atoms with Gasteiger partial charge in [0, 0.05) is 5.92 Å². The van der Waals surface area contributed by atoms with Gasteiger partial charge in [0.15, 0.2) is 0 Å². The lowest BCUT2D eigenvalue weighted by atomic mass is 10.0. The molecule has 2 fully saturated rings. The summed E-state index contributed by atoms with van der Waals surface area (Å²) in [6.07, 6.45) is 4.27. The van der Waals surface area contributed by atoms with Crippen molar-refractivity contribution in [2.45, 2.75) is 67.4 Å². The third kappa shape index (κ3) is 2.50. The molecule has 0 amide bonds. The number of hydrogen-bond donors (Lipinski definition) is 1. The van der Waals surface area contributed by atoms with Crippen molar-refractivity contribution in [3.63, 3.8) is 0 Å². The van der Waals surface area contributed by atoms with E-state index in [-0.39, 0.29) is 25.7 Å². The van der Waals surface area contributed by atoms with Gasteiger partial charge >= 0.3 is 14.5 Å². The van der Waals surface area contributed by atoms with Crippen LogP contribution in [-0.2, 0) is 20.0 Å². The Labute approximate surface area is 119 Å². The molecule has 0 aromatic rings. The van der Waals surface area contributed by atoms with Gasteiger partial charge in [-0.3, -0.25) is 4.55 Å². The Morgan fingerprint density at radius 3 is 1.75 bits per heavy atom. The van der Waals surface area contributed by atoms with Crippen molar-refractivity contribution in [3.8, 4) is 0 Å². The van der Waals surface area contributed by atoms with Crippen LogP contribution in [0.5, 0.6) is 0 Å². The molecule has 0 heterocycles. The highest BCUT2D eigenvalue weighted by atomic mass is 32.3. The number of hydrogen-bond acceptors (Lipinski definition) is 4. The van der Waals surface area contributed by atoms with Gasteiger partial charge in [-0.2, -0.15) is 8.42 Å². The van der Waals surface area contributed by atoms with Crippen molar-refractivity contribution < 1.29 is 25.8 Å². The molecule has 0 bridgehead atoms. The van der Waals surface area contributed by atoms with Gasteiger partial charge in [0.2, 0.25) is 9.84 Å². The zero-order chi connectivity index (χ0) is 15.0. The van der Waals surface area contributed by atoms with Crippen molar-refractivity contribution in [3.05, 3.63) is 0 Å². The molecule has 2 aliphatic rings. The third-order valence-electron chi connectivity index (χ3n) is 4.57. The molecule has 20 heavy (non-hydrogen) atoms. The van der Waals surface area contributed by atoms with Crippen LogP contribution in [0.3, 0.4) is 0 Å². The van der Waals surface area contributed by atoms with Crippen molar-refractivity contribution in [2.24, 2.45) is 5.92 Å². The Balaban J connectivity index is 2.45. The van der Waals surface area contributed by atoms with E-state index in [0.29, 0.717) is 25.7 Å². The van der Waals surface area contributed by atoms with Crippen LogP contribution in [0.4, 0.5) is 4.39 Å². The van der Waals surface area contributed by atoms with E-state index in [1.54, 1.807) is 0 Å². The second-order valence-electron chi connectivity index (χ2n) is 5.84. The first kappa shape index (κ1) is 16.2. The molecular formula is C12H21FO5S2. The summed E-state index contributed by atoms with van der Waals surface area (Å²) in [7, 11) is -9.88. The molecule has 0 radical (unpaired) electrons. The van der Waals surface area contributed by atoms with Crippen LogP contribution >= 0.6 is 0 Å². The highest BCUT2D eigenvalue weighted by Crippen LogP contribution is 2.46. The molecule has 2 aliphatic carbocycles. The lowest BCUT2D eigenvalue weighted by molar-refractivity contribution is 0.236. The molecule has 1 atom stereocenters.